The second-order valence-corrected chi connectivity index (χ2v) is 7.13. The number of rotatable bonds is 8. The molecule has 0 spiro atoms. The monoisotopic (exact) mass is 414 g/mol. The molecule has 9 nitrogen and oxygen atoms in total. The van der Waals surface area contributed by atoms with E-state index < -0.39 is 0 Å². The fourth-order valence-corrected chi connectivity index (χ4v) is 3.24. The van der Waals surface area contributed by atoms with Gasteiger partial charge >= 0.3 is 0 Å². The van der Waals surface area contributed by atoms with E-state index in [1.807, 2.05) is 43.3 Å². The summed E-state index contributed by atoms with van der Waals surface area (Å²) in [5.41, 5.74) is 2.41. The smallest absolute Gasteiger partial charge is 0.234 e. The van der Waals surface area contributed by atoms with Gasteiger partial charge in [-0.15, -0.1) is 5.10 Å². The maximum Gasteiger partial charge on any atom is 0.234 e. The number of aromatic nitrogens is 4. The molecule has 2 aromatic carbocycles. The minimum Gasteiger partial charge on any atom is -0.497 e. The first-order valence-electron chi connectivity index (χ1n) is 8.72. The number of tetrazole rings is 1. The van der Waals surface area contributed by atoms with E-state index in [0.29, 0.717) is 22.3 Å². The third-order valence-electron chi connectivity index (χ3n) is 4.05. The zero-order chi connectivity index (χ0) is 20.8. The van der Waals surface area contributed by atoms with Gasteiger partial charge in [-0.3, -0.25) is 4.79 Å². The molecule has 0 radical (unpaired) electrons. The summed E-state index contributed by atoms with van der Waals surface area (Å²) in [5.74, 6) is 1.23. The van der Waals surface area contributed by atoms with E-state index in [0.717, 1.165) is 11.4 Å². The maximum atomic E-state index is 12.3. The third kappa shape index (κ3) is 4.96. The highest BCUT2D eigenvalue weighted by Crippen LogP contribution is 2.29. The van der Waals surface area contributed by atoms with Crippen molar-refractivity contribution in [3.8, 4) is 17.2 Å². The summed E-state index contributed by atoms with van der Waals surface area (Å²) in [6.45, 7) is 0. The van der Waals surface area contributed by atoms with Crippen LogP contribution in [0.5, 0.6) is 11.5 Å². The van der Waals surface area contributed by atoms with Crippen molar-refractivity contribution in [3.05, 3.63) is 42.5 Å². The van der Waals surface area contributed by atoms with Crippen molar-refractivity contribution < 1.29 is 14.3 Å². The average Bonchev–Trinajstić information content (AvgIpc) is 3.20. The SMILES string of the molecule is COc1ccc(OC)c(-n2nnnc2SCC(=O)Nc2ccc(N(C)C)cc2)c1. The summed E-state index contributed by atoms with van der Waals surface area (Å²) in [6.07, 6.45) is 0. The van der Waals surface area contributed by atoms with E-state index in [-0.39, 0.29) is 11.7 Å². The number of hydrogen-bond acceptors (Lipinski definition) is 8. The number of nitrogens with zero attached hydrogens (tertiary/aromatic N) is 5. The zero-order valence-electron chi connectivity index (χ0n) is 16.6. The van der Waals surface area contributed by atoms with Gasteiger partial charge in [-0.1, -0.05) is 11.8 Å². The highest BCUT2D eigenvalue weighted by molar-refractivity contribution is 7.99. The topological polar surface area (TPSA) is 94.4 Å². The van der Waals surface area contributed by atoms with Crippen LogP contribution in [0.4, 0.5) is 11.4 Å². The number of ether oxygens (including phenoxy) is 2. The average molecular weight is 414 g/mol. The first-order chi connectivity index (χ1) is 14.0. The normalized spacial score (nSPS) is 10.5. The van der Waals surface area contributed by atoms with Gasteiger partial charge < -0.3 is 19.7 Å². The van der Waals surface area contributed by atoms with Crippen LogP contribution in [0, 0.1) is 0 Å². The number of amides is 1. The Morgan fingerprint density at radius 2 is 1.90 bits per heavy atom. The number of benzene rings is 2. The van der Waals surface area contributed by atoms with Gasteiger partial charge in [-0.05, 0) is 46.8 Å². The molecule has 0 aliphatic rings. The molecule has 0 saturated carbocycles. The molecule has 0 fully saturated rings. The Bertz CT molecular complexity index is 974. The van der Waals surface area contributed by atoms with E-state index in [9.17, 15) is 4.79 Å². The molecule has 152 valence electrons. The van der Waals surface area contributed by atoms with Crippen molar-refractivity contribution >= 4 is 29.0 Å². The minimum atomic E-state index is -0.153. The second-order valence-electron chi connectivity index (χ2n) is 6.19. The van der Waals surface area contributed by atoms with Gasteiger partial charge in [-0.2, -0.15) is 4.68 Å². The van der Waals surface area contributed by atoms with Gasteiger partial charge in [0.1, 0.15) is 17.2 Å². The molecule has 3 aromatic rings. The van der Waals surface area contributed by atoms with E-state index in [1.54, 1.807) is 32.4 Å². The first kappa shape index (κ1) is 20.5. The standard InChI is InChI=1S/C19H22N6O3S/c1-24(2)14-7-5-13(6-8-14)20-18(26)12-29-19-21-22-23-25(19)16-11-15(27-3)9-10-17(16)28-4/h5-11H,12H2,1-4H3,(H,20,26). The fourth-order valence-electron chi connectivity index (χ4n) is 2.55. The van der Waals surface area contributed by atoms with Crippen LogP contribution < -0.4 is 19.7 Å². The Morgan fingerprint density at radius 1 is 1.14 bits per heavy atom. The summed E-state index contributed by atoms with van der Waals surface area (Å²) in [6, 6.07) is 12.9. The number of hydrogen-bond donors (Lipinski definition) is 1. The molecular weight excluding hydrogens is 392 g/mol. The van der Waals surface area contributed by atoms with Crippen LogP contribution in [0.1, 0.15) is 0 Å². The Morgan fingerprint density at radius 3 is 2.55 bits per heavy atom. The van der Waals surface area contributed by atoms with Crippen molar-refractivity contribution in [2.45, 2.75) is 5.16 Å². The largest absolute Gasteiger partial charge is 0.497 e. The zero-order valence-corrected chi connectivity index (χ0v) is 17.4. The number of carbonyl (C=O) groups is 1. The number of thioether (sulfide) groups is 1. The van der Waals surface area contributed by atoms with E-state index >= 15 is 0 Å². The van der Waals surface area contributed by atoms with Gasteiger partial charge in [0, 0.05) is 31.5 Å². The van der Waals surface area contributed by atoms with Crippen molar-refractivity contribution in [3.63, 3.8) is 0 Å². The van der Waals surface area contributed by atoms with Crippen molar-refractivity contribution in [1.29, 1.82) is 0 Å². The molecule has 0 saturated heterocycles. The van der Waals surface area contributed by atoms with Crippen LogP contribution in [0.15, 0.2) is 47.6 Å². The molecule has 1 amide bonds. The highest BCUT2D eigenvalue weighted by atomic mass is 32.2. The summed E-state index contributed by atoms with van der Waals surface area (Å²) >= 11 is 1.23. The van der Waals surface area contributed by atoms with Crippen LogP contribution >= 0.6 is 11.8 Å². The Kier molecular flexibility index (Phi) is 6.55. The Labute approximate surface area is 173 Å². The molecule has 0 aliphatic carbocycles. The summed E-state index contributed by atoms with van der Waals surface area (Å²) < 4.78 is 12.2. The number of carbonyl (C=O) groups excluding carboxylic acids is 1. The van der Waals surface area contributed by atoms with Crippen LogP contribution in [-0.4, -0.2) is 60.2 Å². The predicted molar refractivity (Wildman–Crippen MR) is 112 cm³/mol. The molecule has 1 N–H and O–H groups in total. The van der Waals surface area contributed by atoms with E-state index in [4.69, 9.17) is 9.47 Å². The van der Waals surface area contributed by atoms with Crippen molar-refractivity contribution in [2.75, 3.05) is 44.3 Å². The lowest BCUT2D eigenvalue weighted by Crippen LogP contribution is -2.15. The van der Waals surface area contributed by atoms with Gasteiger partial charge in [0.15, 0.2) is 0 Å². The lowest BCUT2D eigenvalue weighted by Gasteiger charge is -2.13. The van der Waals surface area contributed by atoms with Crippen LogP contribution in [0.2, 0.25) is 0 Å². The Balaban J connectivity index is 1.68. The molecule has 3 rings (SSSR count). The third-order valence-corrected chi connectivity index (χ3v) is 4.97. The van der Waals surface area contributed by atoms with Gasteiger partial charge in [0.05, 0.1) is 20.0 Å². The number of nitrogens with one attached hydrogen (secondary N) is 1. The lowest BCUT2D eigenvalue weighted by atomic mass is 10.2. The first-order valence-corrected chi connectivity index (χ1v) is 9.71. The Hall–Kier alpha value is -3.27. The number of anilines is 2. The van der Waals surface area contributed by atoms with Gasteiger partial charge in [0.25, 0.3) is 0 Å². The van der Waals surface area contributed by atoms with Gasteiger partial charge in [0.2, 0.25) is 11.1 Å². The molecule has 29 heavy (non-hydrogen) atoms. The number of methoxy groups -OCH3 is 2. The molecular formula is C19H22N6O3S. The maximum absolute atomic E-state index is 12.3. The highest BCUT2D eigenvalue weighted by Gasteiger charge is 2.16. The quantitative estimate of drug-likeness (QED) is 0.562. The van der Waals surface area contributed by atoms with Crippen molar-refractivity contribution in [2.24, 2.45) is 0 Å². The summed E-state index contributed by atoms with van der Waals surface area (Å²) in [4.78, 5) is 14.3. The molecule has 0 atom stereocenters. The second kappa shape index (κ2) is 9.28. The molecule has 0 aliphatic heterocycles. The van der Waals surface area contributed by atoms with Crippen LogP contribution in [0.3, 0.4) is 0 Å². The molecule has 1 aromatic heterocycles. The summed E-state index contributed by atoms with van der Waals surface area (Å²) in [5, 5.41) is 15.1. The molecule has 0 bridgehead atoms. The van der Waals surface area contributed by atoms with Crippen molar-refractivity contribution in [1.82, 2.24) is 20.2 Å². The predicted octanol–water partition coefficient (Wildman–Crippen LogP) is 2.48. The van der Waals surface area contributed by atoms with E-state index in [1.165, 1.54) is 16.4 Å². The van der Waals surface area contributed by atoms with Crippen LogP contribution in [0.25, 0.3) is 5.69 Å². The molecule has 0 unspecified atom stereocenters. The molecule has 10 heteroatoms. The van der Waals surface area contributed by atoms with Crippen LogP contribution in [-0.2, 0) is 4.79 Å². The molecule has 1 heterocycles. The lowest BCUT2D eigenvalue weighted by molar-refractivity contribution is -0.113. The fraction of sp³-hybridized carbons (Fsp3) is 0.263. The van der Waals surface area contributed by atoms with Gasteiger partial charge in [-0.25, -0.2) is 0 Å². The van der Waals surface area contributed by atoms with E-state index in [2.05, 4.69) is 20.8 Å². The minimum absolute atomic E-state index is 0.153. The summed E-state index contributed by atoms with van der Waals surface area (Å²) in [7, 11) is 7.07.